The molecular weight excluding hydrogens is 451 g/mol. The van der Waals surface area contributed by atoms with E-state index in [9.17, 15) is 5.21 Å². The van der Waals surface area contributed by atoms with Gasteiger partial charge in [-0.05, 0) is 54.2 Å². The van der Waals surface area contributed by atoms with Crippen molar-refractivity contribution < 1.29 is 9.94 Å². The number of hydrogen-bond acceptors (Lipinski definition) is 5. The average Bonchev–Trinajstić information content (AvgIpc) is 2.79. The molecule has 1 fully saturated rings. The fourth-order valence-corrected chi connectivity index (χ4v) is 5.83. The van der Waals surface area contributed by atoms with E-state index in [1.165, 1.54) is 0 Å². The number of ether oxygens (including phenoxy) is 1. The lowest BCUT2D eigenvalue weighted by Gasteiger charge is -2.40. The van der Waals surface area contributed by atoms with Crippen molar-refractivity contribution in [1.29, 1.82) is 0 Å². The summed E-state index contributed by atoms with van der Waals surface area (Å²) in [5, 5.41) is 14.8. The second kappa shape index (κ2) is 8.38. The number of halogens is 2. The molecule has 4 nitrogen and oxygen atoms in total. The molecule has 1 N–H and O–H groups in total. The Hall–Kier alpha value is -2.21. The first-order valence-corrected chi connectivity index (χ1v) is 12.0. The number of aromatic nitrogens is 1. The van der Waals surface area contributed by atoms with Crippen LogP contribution < -0.4 is 4.74 Å². The van der Waals surface area contributed by atoms with Gasteiger partial charge in [-0.25, -0.2) is 4.98 Å². The highest BCUT2D eigenvalue weighted by molar-refractivity contribution is 7.99. The minimum absolute atomic E-state index is 0.369. The maximum absolute atomic E-state index is 9.84. The van der Waals surface area contributed by atoms with Gasteiger partial charge in [-0.1, -0.05) is 58.7 Å². The van der Waals surface area contributed by atoms with Gasteiger partial charge in [-0.2, -0.15) is 11.8 Å². The first kappa shape index (κ1) is 20.7. The van der Waals surface area contributed by atoms with Crippen LogP contribution in [0.4, 0.5) is 0 Å². The van der Waals surface area contributed by atoms with Crippen LogP contribution in [0, 0.1) is 0 Å². The maximum atomic E-state index is 9.84. The monoisotopic (exact) mass is 470 g/mol. The second-order valence-corrected chi connectivity index (χ2v) is 9.91. The van der Waals surface area contributed by atoms with E-state index in [2.05, 4.69) is 5.16 Å². The zero-order valence-corrected chi connectivity index (χ0v) is 19.0. The SMILES string of the molecule is O/N=C1\CC2(CCSCC2)Oc2nc(-c3ccccc3Cl)c(-c3ccc(Cl)cc3)cc21. The van der Waals surface area contributed by atoms with Gasteiger partial charge >= 0.3 is 0 Å². The van der Waals surface area contributed by atoms with Crippen LogP contribution in [0.25, 0.3) is 22.4 Å². The summed E-state index contributed by atoms with van der Waals surface area (Å²) < 4.78 is 6.52. The van der Waals surface area contributed by atoms with E-state index in [0.29, 0.717) is 33.6 Å². The van der Waals surface area contributed by atoms with Crippen molar-refractivity contribution in [2.75, 3.05) is 11.5 Å². The number of nitrogens with zero attached hydrogens (tertiary/aromatic N) is 2. The minimum atomic E-state index is -0.369. The molecule has 2 aromatic carbocycles. The van der Waals surface area contributed by atoms with E-state index in [0.717, 1.165) is 46.7 Å². The van der Waals surface area contributed by atoms with Gasteiger partial charge in [0.2, 0.25) is 5.88 Å². The van der Waals surface area contributed by atoms with Gasteiger partial charge in [0.05, 0.1) is 17.0 Å². The van der Waals surface area contributed by atoms with E-state index in [4.69, 9.17) is 32.9 Å². The van der Waals surface area contributed by atoms with Crippen LogP contribution in [0.5, 0.6) is 5.88 Å². The Morgan fingerprint density at radius 2 is 1.71 bits per heavy atom. The van der Waals surface area contributed by atoms with Crippen LogP contribution in [-0.4, -0.2) is 33.0 Å². The van der Waals surface area contributed by atoms with Gasteiger partial charge in [-0.3, -0.25) is 0 Å². The van der Waals surface area contributed by atoms with Crippen molar-refractivity contribution in [2.45, 2.75) is 24.9 Å². The van der Waals surface area contributed by atoms with Crippen LogP contribution in [0.2, 0.25) is 10.0 Å². The van der Waals surface area contributed by atoms with Crippen LogP contribution in [0.1, 0.15) is 24.8 Å². The Morgan fingerprint density at radius 3 is 2.42 bits per heavy atom. The standard InChI is InChI=1S/C24H20Cl2N2O2S/c25-16-7-5-15(6-8-16)18-13-19-21(28-29)14-24(9-11-31-12-10-24)30-23(19)27-22(18)17-3-1-2-4-20(17)26/h1-8,13,29H,9-12,14H2/b28-21+. The molecule has 0 bridgehead atoms. The predicted octanol–water partition coefficient (Wildman–Crippen LogP) is 6.95. The number of benzene rings is 2. The predicted molar refractivity (Wildman–Crippen MR) is 128 cm³/mol. The van der Waals surface area contributed by atoms with Crippen LogP contribution in [0.15, 0.2) is 59.8 Å². The molecule has 1 saturated heterocycles. The molecular formula is C24H20Cl2N2O2S. The molecule has 158 valence electrons. The van der Waals surface area contributed by atoms with Gasteiger partial charge in [0.1, 0.15) is 5.60 Å². The zero-order valence-electron chi connectivity index (χ0n) is 16.6. The zero-order chi connectivity index (χ0) is 21.4. The summed E-state index contributed by atoms with van der Waals surface area (Å²) in [6.07, 6.45) is 2.38. The highest BCUT2D eigenvalue weighted by Crippen LogP contribution is 2.44. The Kier molecular flexibility index (Phi) is 5.59. The average molecular weight is 471 g/mol. The third kappa shape index (κ3) is 3.91. The molecule has 1 aromatic heterocycles. The van der Waals surface area contributed by atoms with Gasteiger partial charge in [0, 0.05) is 27.6 Å². The van der Waals surface area contributed by atoms with E-state index >= 15 is 0 Å². The molecule has 3 aromatic rings. The van der Waals surface area contributed by atoms with Crippen molar-refractivity contribution in [1.82, 2.24) is 4.98 Å². The lowest BCUT2D eigenvalue weighted by atomic mass is 9.85. The van der Waals surface area contributed by atoms with Gasteiger partial charge < -0.3 is 9.94 Å². The molecule has 2 aliphatic heterocycles. The van der Waals surface area contributed by atoms with Crippen LogP contribution >= 0.6 is 35.0 Å². The molecule has 0 radical (unpaired) electrons. The third-order valence-corrected chi connectivity index (χ3v) is 7.48. The van der Waals surface area contributed by atoms with Crippen LogP contribution in [-0.2, 0) is 0 Å². The highest BCUT2D eigenvalue weighted by atomic mass is 35.5. The quantitative estimate of drug-likeness (QED) is 0.325. The number of hydrogen-bond donors (Lipinski definition) is 1. The van der Waals surface area contributed by atoms with E-state index in [1.54, 1.807) is 0 Å². The third-order valence-electron chi connectivity index (χ3n) is 5.91. The molecule has 31 heavy (non-hydrogen) atoms. The van der Waals surface area contributed by atoms with Gasteiger partial charge in [-0.15, -0.1) is 0 Å². The fraction of sp³-hybridized carbons (Fsp3) is 0.250. The molecule has 3 heterocycles. The summed E-state index contributed by atoms with van der Waals surface area (Å²) in [5.41, 5.74) is 4.33. The van der Waals surface area contributed by atoms with Crippen molar-refractivity contribution in [3.63, 3.8) is 0 Å². The number of thioether (sulfide) groups is 1. The summed E-state index contributed by atoms with van der Waals surface area (Å²) in [6, 6.07) is 17.2. The summed E-state index contributed by atoms with van der Waals surface area (Å²) >= 11 is 14.6. The molecule has 7 heteroatoms. The molecule has 0 unspecified atom stereocenters. The normalized spacial score (nSPS) is 18.6. The molecule has 0 saturated carbocycles. The van der Waals surface area contributed by atoms with E-state index in [1.807, 2.05) is 66.4 Å². The largest absolute Gasteiger partial charge is 0.470 e. The van der Waals surface area contributed by atoms with E-state index < -0.39 is 0 Å². The molecule has 1 spiro atoms. The first-order valence-electron chi connectivity index (χ1n) is 10.1. The summed E-state index contributed by atoms with van der Waals surface area (Å²) in [7, 11) is 0. The first-order chi connectivity index (χ1) is 15.1. The molecule has 2 aliphatic rings. The number of pyridine rings is 1. The smallest absolute Gasteiger partial charge is 0.223 e. The maximum Gasteiger partial charge on any atom is 0.223 e. The van der Waals surface area contributed by atoms with Crippen molar-refractivity contribution in [2.24, 2.45) is 5.16 Å². The van der Waals surface area contributed by atoms with Crippen molar-refractivity contribution >= 4 is 40.7 Å². The van der Waals surface area contributed by atoms with Crippen LogP contribution in [0.3, 0.4) is 0 Å². The Morgan fingerprint density at radius 1 is 0.968 bits per heavy atom. The Labute approximate surface area is 195 Å². The van der Waals surface area contributed by atoms with Gasteiger partial charge in [0.15, 0.2) is 0 Å². The van der Waals surface area contributed by atoms with E-state index in [-0.39, 0.29) is 5.60 Å². The molecule has 0 aliphatic carbocycles. The highest BCUT2D eigenvalue weighted by Gasteiger charge is 2.42. The van der Waals surface area contributed by atoms with Gasteiger partial charge in [0.25, 0.3) is 0 Å². The Balaban J connectivity index is 1.73. The summed E-state index contributed by atoms with van der Waals surface area (Å²) in [5.74, 6) is 2.54. The summed E-state index contributed by atoms with van der Waals surface area (Å²) in [4.78, 5) is 4.95. The minimum Gasteiger partial charge on any atom is -0.470 e. The van der Waals surface area contributed by atoms with Crippen molar-refractivity contribution in [3.8, 4) is 28.3 Å². The summed E-state index contributed by atoms with van der Waals surface area (Å²) in [6.45, 7) is 0. The second-order valence-electron chi connectivity index (χ2n) is 7.84. The number of oxime groups is 1. The fourth-order valence-electron chi connectivity index (χ4n) is 4.24. The molecule has 5 rings (SSSR count). The van der Waals surface area contributed by atoms with Crippen molar-refractivity contribution in [3.05, 3.63) is 70.2 Å². The number of rotatable bonds is 2. The number of fused-ring (bicyclic) bond motifs is 1. The lowest BCUT2D eigenvalue weighted by molar-refractivity contribution is 0.0555. The molecule has 0 amide bonds. The topological polar surface area (TPSA) is 54.7 Å². The lowest BCUT2D eigenvalue weighted by Crippen LogP contribution is -2.45. The Bertz CT molecular complexity index is 1160. The molecule has 0 atom stereocenters.